The maximum atomic E-state index is 12.1. The predicted octanol–water partition coefficient (Wildman–Crippen LogP) is 3.64. The van der Waals surface area contributed by atoms with Gasteiger partial charge in [0, 0.05) is 28.8 Å². The smallest absolute Gasteiger partial charge is 0.233 e. The van der Waals surface area contributed by atoms with Gasteiger partial charge in [0.05, 0.1) is 0 Å². The first kappa shape index (κ1) is 17.9. The standard InChI is InChI=1S/C17H21NO3S2/c1-13-4-7-15(8-5-13)10-11-23(19,20)18-12-16(21-3)17-9-6-14(2)22-17/h4-11,16,18H,12H2,1-3H3/b11-10+. The molecule has 6 heteroatoms. The van der Waals surface area contributed by atoms with Crippen molar-refractivity contribution in [2.45, 2.75) is 20.0 Å². The van der Waals surface area contributed by atoms with Crippen molar-refractivity contribution in [3.63, 3.8) is 0 Å². The molecule has 0 spiro atoms. The van der Waals surface area contributed by atoms with Gasteiger partial charge in [-0.15, -0.1) is 11.3 Å². The Morgan fingerprint density at radius 2 is 1.87 bits per heavy atom. The van der Waals surface area contributed by atoms with E-state index in [4.69, 9.17) is 4.74 Å². The summed E-state index contributed by atoms with van der Waals surface area (Å²) in [6, 6.07) is 11.6. The summed E-state index contributed by atoms with van der Waals surface area (Å²) in [7, 11) is -1.92. The van der Waals surface area contributed by atoms with E-state index in [9.17, 15) is 8.42 Å². The summed E-state index contributed by atoms with van der Waals surface area (Å²) >= 11 is 1.60. The maximum absolute atomic E-state index is 12.1. The van der Waals surface area contributed by atoms with Crippen LogP contribution in [0.25, 0.3) is 6.08 Å². The lowest BCUT2D eigenvalue weighted by Crippen LogP contribution is -2.27. The van der Waals surface area contributed by atoms with Crippen LogP contribution in [0.3, 0.4) is 0 Å². The first-order chi connectivity index (χ1) is 10.9. The topological polar surface area (TPSA) is 55.4 Å². The summed E-state index contributed by atoms with van der Waals surface area (Å²) in [6.45, 7) is 4.20. The van der Waals surface area contributed by atoms with Gasteiger partial charge >= 0.3 is 0 Å². The number of rotatable bonds is 7. The number of hydrogen-bond acceptors (Lipinski definition) is 4. The molecule has 0 bridgehead atoms. The molecule has 4 nitrogen and oxygen atoms in total. The Labute approximate surface area is 141 Å². The van der Waals surface area contributed by atoms with Crippen molar-refractivity contribution in [3.8, 4) is 0 Å². The van der Waals surface area contributed by atoms with E-state index in [1.807, 2.05) is 50.2 Å². The van der Waals surface area contributed by atoms with Gasteiger partial charge in [-0.2, -0.15) is 0 Å². The van der Waals surface area contributed by atoms with Gasteiger partial charge in [-0.05, 0) is 37.6 Å². The third-order valence-electron chi connectivity index (χ3n) is 3.35. The van der Waals surface area contributed by atoms with Crippen molar-refractivity contribution in [2.24, 2.45) is 0 Å². The van der Waals surface area contributed by atoms with Crippen LogP contribution >= 0.6 is 11.3 Å². The second kappa shape index (κ2) is 7.88. The first-order valence-electron chi connectivity index (χ1n) is 7.23. The van der Waals surface area contributed by atoms with E-state index < -0.39 is 10.0 Å². The van der Waals surface area contributed by atoms with Crippen molar-refractivity contribution in [1.29, 1.82) is 0 Å². The van der Waals surface area contributed by atoms with Gasteiger partial charge in [0.1, 0.15) is 6.10 Å². The van der Waals surface area contributed by atoms with Gasteiger partial charge in [-0.25, -0.2) is 13.1 Å². The van der Waals surface area contributed by atoms with Crippen LogP contribution in [0.4, 0.5) is 0 Å². The SMILES string of the molecule is COC(CNS(=O)(=O)/C=C/c1ccc(C)cc1)c1ccc(C)s1. The lowest BCUT2D eigenvalue weighted by Gasteiger charge is -2.13. The molecule has 0 amide bonds. The Hall–Kier alpha value is -1.47. The molecule has 23 heavy (non-hydrogen) atoms. The van der Waals surface area contributed by atoms with Crippen LogP contribution in [0.5, 0.6) is 0 Å². The molecule has 1 atom stereocenters. The van der Waals surface area contributed by atoms with Crippen LogP contribution in [0, 0.1) is 13.8 Å². The van der Waals surface area contributed by atoms with E-state index in [0.717, 1.165) is 16.0 Å². The molecule has 2 aromatic rings. The molecule has 1 unspecified atom stereocenters. The molecule has 1 aromatic heterocycles. The van der Waals surface area contributed by atoms with Crippen molar-refractivity contribution in [3.05, 3.63) is 62.7 Å². The molecule has 0 fully saturated rings. The number of aryl methyl sites for hydroxylation is 2. The highest BCUT2D eigenvalue weighted by molar-refractivity contribution is 7.92. The van der Waals surface area contributed by atoms with Gasteiger partial charge in [0.2, 0.25) is 10.0 Å². The van der Waals surface area contributed by atoms with Crippen LogP contribution in [-0.2, 0) is 14.8 Å². The van der Waals surface area contributed by atoms with E-state index in [1.54, 1.807) is 24.5 Å². The van der Waals surface area contributed by atoms with Crippen LogP contribution in [0.2, 0.25) is 0 Å². The minimum atomic E-state index is -3.50. The highest BCUT2D eigenvalue weighted by Gasteiger charge is 2.15. The Bertz CT molecular complexity index is 761. The molecular formula is C17H21NO3S2. The molecule has 0 saturated carbocycles. The van der Waals surface area contributed by atoms with Crippen LogP contribution in [0.1, 0.15) is 27.0 Å². The second-order valence-electron chi connectivity index (χ2n) is 5.28. The monoisotopic (exact) mass is 351 g/mol. The Morgan fingerprint density at radius 1 is 1.17 bits per heavy atom. The van der Waals surface area contributed by atoms with Gasteiger partial charge in [-0.1, -0.05) is 29.8 Å². The third-order valence-corrected chi connectivity index (χ3v) is 5.51. The summed E-state index contributed by atoms with van der Waals surface area (Å²) in [5.74, 6) is 0. The van der Waals surface area contributed by atoms with Gasteiger partial charge in [0.15, 0.2) is 0 Å². The Morgan fingerprint density at radius 3 is 2.43 bits per heavy atom. The van der Waals surface area contributed by atoms with Gasteiger partial charge < -0.3 is 4.74 Å². The van der Waals surface area contributed by atoms with E-state index >= 15 is 0 Å². The zero-order valence-corrected chi connectivity index (χ0v) is 15.1. The van der Waals surface area contributed by atoms with E-state index in [-0.39, 0.29) is 12.6 Å². The highest BCUT2D eigenvalue weighted by atomic mass is 32.2. The normalized spacial score (nSPS) is 13.5. The number of ether oxygens (including phenoxy) is 1. The number of thiophene rings is 1. The fourth-order valence-corrected chi connectivity index (χ4v) is 3.78. The summed E-state index contributed by atoms with van der Waals surface area (Å²) < 4.78 is 32.1. The number of nitrogens with one attached hydrogen (secondary N) is 1. The molecular weight excluding hydrogens is 330 g/mol. The predicted molar refractivity (Wildman–Crippen MR) is 95.9 cm³/mol. The molecule has 0 aliphatic rings. The fraction of sp³-hybridized carbons (Fsp3) is 0.294. The van der Waals surface area contributed by atoms with E-state index in [1.165, 1.54) is 10.3 Å². The lowest BCUT2D eigenvalue weighted by molar-refractivity contribution is 0.110. The van der Waals surface area contributed by atoms with E-state index in [0.29, 0.717) is 0 Å². The number of benzene rings is 1. The summed E-state index contributed by atoms with van der Waals surface area (Å²) in [6.07, 6.45) is 1.30. The summed E-state index contributed by atoms with van der Waals surface area (Å²) in [4.78, 5) is 2.18. The van der Waals surface area contributed by atoms with Gasteiger partial charge in [0.25, 0.3) is 0 Å². The van der Waals surface area contributed by atoms with Crippen molar-refractivity contribution >= 4 is 27.4 Å². The molecule has 124 valence electrons. The van der Waals surface area contributed by atoms with Crippen LogP contribution < -0.4 is 4.72 Å². The minimum Gasteiger partial charge on any atom is -0.375 e. The quantitative estimate of drug-likeness (QED) is 0.828. The van der Waals surface area contributed by atoms with Crippen molar-refractivity contribution in [1.82, 2.24) is 4.72 Å². The average molecular weight is 351 g/mol. The molecule has 0 aliphatic heterocycles. The Kier molecular flexibility index (Phi) is 6.12. The average Bonchev–Trinajstić information content (AvgIpc) is 2.94. The number of hydrogen-bond donors (Lipinski definition) is 1. The molecule has 1 aromatic carbocycles. The summed E-state index contributed by atoms with van der Waals surface area (Å²) in [5.41, 5.74) is 1.98. The molecule has 0 saturated heterocycles. The fourth-order valence-electron chi connectivity index (χ4n) is 2.01. The van der Waals surface area contributed by atoms with Crippen molar-refractivity contribution in [2.75, 3.05) is 13.7 Å². The maximum Gasteiger partial charge on any atom is 0.233 e. The van der Waals surface area contributed by atoms with Gasteiger partial charge in [-0.3, -0.25) is 0 Å². The number of sulfonamides is 1. The lowest BCUT2D eigenvalue weighted by atomic mass is 10.2. The molecule has 1 N–H and O–H groups in total. The zero-order chi connectivity index (χ0) is 16.9. The highest BCUT2D eigenvalue weighted by Crippen LogP contribution is 2.24. The second-order valence-corrected chi connectivity index (χ2v) is 8.25. The largest absolute Gasteiger partial charge is 0.375 e. The third kappa shape index (κ3) is 5.58. The molecule has 2 rings (SSSR count). The summed E-state index contributed by atoms with van der Waals surface area (Å²) in [5, 5.41) is 1.18. The number of methoxy groups -OCH3 is 1. The van der Waals surface area contributed by atoms with E-state index in [2.05, 4.69) is 4.72 Å². The zero-order valence-electron chi connectivity index (χ0n) is 13.4. The van der Waals surface area contributed by atoms with Crippen LogP contribution in [-0.4, -0.2) is 22.1 Å². The van der Waals surface area contributed by atoms with Crippen molar-refractivity contribution < 1.29 is 13.2 Å². The Balaban J connectivity index is 1.98. The minimum absolute atomic E-state index is 0.205. The first-order valence-corrected chi connectivity index (χ1v) is 9.59. The molecule has 1 heterocycles. The van der Waals surface area contributed by atoms with Crippen LogP contribution in [0.15, 0.2) is 41.8 Å². The molecule has 0 aliphatic carbocycles. The molecule has 0 radical (unpaired) electrons.